The van der Waals surface area contributed by atoms with E-state index in [0.29, 0.717) is 19.4 Å². The lowest BCUT2D eigenvalue weighted by atomic mass is 10.3. The molecule has 0 fully saturated rings. The van der Waals surface area contributed by atoms with Crippen molar-refractivity contribution in [1.29, 1.82) is 0 Å². The van der Waals surface area contributed by atoms with Gasteiger partial charge in [-0.15, -0.1) is 0 Å². The van der Waals surface area contributed by atoms with Crippen LogP contribution in [0.15, 0.2) is 0 Å². The van der Waals surface area contributed by atoms with Gasteiger partial charge < -0.3 is 4.90 Å². The first-order chi connectivity index (χ1) is 4.72. The minimum Gasteiger partial charge on any atom is -0.346 e. The summed E-state index contributed by atoms with van der Waals surface area (Å²) in [6, 6.07) is 0. The monoisotopic (exact) mass is 144 g/mol. The predicted octanol–water partition coefficient (Wildman–Crippen LogP) is 0.675. The molecule has 3 heteroatoms. The van der Waals surface area contributed by atoms with Gasteiger partial charge in [0.15, 0.2) is 0 Å². The van der Waals surface area contributed by atoms with E-state index < -0.39 is 0 Å². The van der Waals surface area contributed by atoms with Crippen molar-refractivity contribution in [2.24, 2.45) is 0 Å². The van der Waals surface area contributed by atoms with Crippen LogP contribution in [0.1, 0.15) is 19.8 Å². The molecule has 1 amide bonds. The molecule has 0 spiro atoms. The lowest BCUT2D eigenvalue weighted by Gasteiger charge is -2.14. The zero-order valence-corrected chi connectivity index (χ0v) is 6.59. The van der Waals surface area contributed by atoms with Gasteiger partial charge in [-0.3, -0.25) is 4.79 Å². The molecular formula is C7H14NO2. The molecule has 0 heterocycles. The van der Waals surface area contributed by atoms with Gasteiger partial charge in [-0.1, -0.05) is 6.92 Å². The number of hydrogen-bond acceptors (Lipinski definition) is 1. The number of hydrogen-bond donors (Lipinski definition) is 0. The fourth-order valence-corrected chi connectivity index (χ4v) is 0.696. The fourth-order valence-electron chi connectivity index (χ4n) is 0.696. The Morgan fingerprint density at radius 1 is 1.50 bits per heavy atom. The molecule has 0 saturated carbocycles. The Labute approximate surface area is 61.6 Å². The van der Waals surface area contributed by atoms with Crippen molar-refractivity contribution >= 4 is 5.91 Å². The molecule has 0 bridgehead atoms. The zero-order chi connectivity index (χ0) is 7.98. The SMILES string of the molecule is CCC(=O)N(C)CCC[O]. The predicted molar refractivity (Wildman–Crippen MR) is 38.1 cm³/mol. The van der Waals surface area contributed by atoms with Crippen LogP contribution in [0.3, 0.4) is 0 Å². The van der Waals surface area contributed by atoms with Gasteiger partial charge in [0, 0.05) is 20.0 Å². The maximum atomic E-state index is 10.8. The highest BCUT2D eigenvalue weighted by atomic mass is 16.3. The van der Waals surface area contributed by atoms with Crippen molar-refractivity contribution in [3.8, 4) is 0 Å². The number of carbonyl (C=O) groups excluding carboxylic acids is 1. The molecular weight excluding hydrogens is 130 g/mol. The summed E-state index contributed by atoms with van der Waals surface area (Å²) in [4.78, 5) is 12.4. The second-order valence-corrected chi connectivity index (χ2v) is 2.23. The van der Waals surface area contributed by atoms with E-state index in [1.54, 1.807) is 11.9 Å². The van der Waals surface area contributed by atoms with Gasteiger partial charge in [0.05, 0.1) is 6.61 Å². The maximum Gasteiger partial charge on any atom is 0.222 e. The third-order valence-corrected chi connectivity index (χ3v) is 1.37. The van der Waals surface area contributed by atoms with E-state index in [9.17, 15) is 9.90 Å². The number of carbonyl (C=O) groups is 1. The summed E-state index contributed by atoms with van der Waals surface area (Å²) >= 11 is 0. The van der Waals surface area contributed by atoms with E-state index in [1.807, 2.05) is 6.92 Å². The van der Waals surface area contributed by atoms with Crippen molar-refractivity contribution in [2.45, 2.75) is 19.8 Å². The molecule has 0 aliphatic heterocycles. The fraction of sp³-hybridized carbons (Fsp3) is 0.857. The van der Waals surface area contributed by atoms with E-state index in [0.717, 1.165) is 0 Å². The van der Waals surface area contributed by atoms with E-state index in [-0.39, 0.29) is 12.5 Å². The van der Waals surface area contributed by atoms with Gasteiger partial charge in [0.1, 0.15) is 0 Å². The molecule has 59 valence electrons. The summed E-state index contributed by atoms with van der Waals surface area (Å²) in [5, 5.41) is 10.0. The smallest absolute Gasteiger partial charge is 0.222 e. The maximum absolute atomic E-state index is 10.8. The topological polar surface area (TPSA) is 40.2 Å². The van der Waals surface area contributed by atoms with Gasteiger partial charge in [0.2, 0.25) is 5.91 Å². The summed E-state index contributed by atoms with van der Waals surface area (Å²) < 4.78 is 0. The Bertz CT molecular complexity index is 104. The van der Waals surface area contributed by atoms with E-state index >= 15 is 0 Å². The van der Waals surface area contributed by atoms with Crippen LogP contribution in [0, 0.1) is 0 Å². The first-order valence-corrected chi connectivity index (χ1v) is 3.54. The summed E-state index contributed by atoms with van der Waals surface area (Å²) in [6.45, 7) is 2.31. The van der Waals surface area contributed by atoms with Crippen LogP contribution < -0.4 is 0 Å². The molecule has 0 aromatic heterocycles. The molecule has 0 unspecified atom stereocenters. The van der Waals surface area contributed by atoms with Crippen molar-refractivity contribution in [3.63, 3.8) is 0 Å². The second-order valence-electron chi connectivity index (χ2n) is 2.23. The van der Waals surface area contributed by atoms with Crippen LogP contribution in [0.5, 0.6) is 0 Å². The Morgan fingerprint density at radius 3 is 2.50 bits per heavy atom. The minimum atomic E-state index is -0.0959. The number of rotatable bonds is 4. The van der Waals surface area contributed by atoms with Crippen molar-refractivity contribution < 1.29 is 9.90 Å². The third kappa shape index (κ3) is 3.45. The zero-order valence-electron chi connectivity index (χ0n) is 6.59. The molecule has 0 aromatic rings. The van der Waals surface area contributed by atoms with Gasteiger partial charge in [-0.25, -0.2) is 5.11 Å². The Hall–Kier alpha value is -0.570. The molecule has 0 atom stereocenters. The van der Waals surface area contributed by atoms with Crippen molar-refractivity contribution in [1.82, 2.24) is 4.90 Å². The summed E-state index contributed by atoms with van der Waals surface area (Å²) in [5.74, 6) is 0.105. The van der Waals surface area contributed by atoms with Gasteiger partial charge in [0.25, 0.3) is 0 Å². The summed E-state index contributed by atoms with van der Waals surface area (Å²) in [5.41, 5.74) is 0. The van der Waals surface area contributed by atoms with Crippen LogP contribution in [-0.2, 0) is 9.90 Å². The highest BCUT2D eigenvalue weighted by Gasteiger charge is 2.03. The Morgan fingerprint density at radius 2 is 2.10 bits per heavy atom. The van der Waals surface area contributed by atoms with Crippen molar-refractivity contribution in [2.75, 3.05) is 20.2 Å². The van der Waals surface area contributed by atoms with Crippen LogP contribution in [0.2, 0.25) is 0 Å². The normalized spacial score (nSPS) is 9.50. The van der Waals surface area contributed by atoms with Gasteiger partial charge >= 0.3 is 0 Å². The van der Waals surface area contributed by atoms with Gasteiger partial charge in [-0.2, -0.15) is 0 Å². The molecule has 1 radical (unpaired) electrons. The van der Waals surface area contributed by atoms with E-state index in [2.05, 4.69) is 0 Å². The van der Waals surface area contributed by atoms with E-state index in [1.165, 1.54) is 0 Å². The van der Waals surface area contributed by atoms with Gasteiger partial charge in [-0.05, 0) is 6.42 Å². The van der Waals surface area contributed by atoms with Crippen molar-refractivity contribution in [3.05, 3.63) is 0 Å². The quantitative estimate of drug-likeness (QED) is 0.571. The molecule has 0 N–H and O–H groups in total. The van der Waals surface area contributed by atoms with Crippen LogP contribution in [0.4, 0.5) is 0 Å². The molecule has 3 nitrogen and oxygen atoms in total. The van der Waals surface area contributed by atoms with Crippen LogP contribution >= 0.6 is 0 Å². The third-order valence-electron chi connectivity index (χ3n) is 1.37. The highest BCUT2D eigenvalue weighted by molar-refractivity contribution is 5.75. The molecule has 0 aliphatic rings. The minimum absolute atomic E-state index is 0.0959. The standard InChI is InChI=1S/C7H14NO2/c1-3-7(10)8(2)5-4-6-9/h3-6H2,1-2H3. The summed E-state index contributed by atoms with van der Waals surface area (Å²) in [7, 11) is 1.72. The van der Waals surface area contributed by atoms with Crippen LogP contribution in [0.25, 0.3) is 0 Å². The Kier molecular flexibility index (Phi) is 4.94. The second kappa shape index (κ2) is 5.23. The lowest BCUT2D eigenvalue weighted by molar-refractivity contribution is -0.129. The first kappa shape index (κ1) is 9.43. The molecule has 10 heavy (non-hydrogen) atoms. The largest absolute Gasteiger partial charge is 0.346 e. The Balaban J connectivity index is 3.41. The van der Waals surface area contributed by atoms with Crippen LogP contribution in [-0.4, -0.2) is 31.0 Å². The average molecular weight is 144 g/mol. The first-order valence-electron chi connectivity index (χ1n) is 3.54. The highest BCUT2D eigenvalue weighted by Crippen LogP contribution is 1.90. The molecule has 0 aromatic carbocycles. The number of nitrogens with zero attached hydrogens (tertiary/aromatic N) is 1. The number of amides is 1. The van der Waals surface area contributed by atoms with E-state index in [4.69, 9.17) is 0 Å². The molecule has 0 saturated heterocycles. The summed E-state index contributed by atoms with van der Waals surface area (Å²) in [6.07, 6.45) is 1.08. The molecule has 0 rings (SSSR count). The lowest BCUT2D eigenvalue weighted by Crippen LogP contribution is -2.27. The average Bonchev–Trinajstić information content (AvgIpc) is 1.98. The molecule has 0 aliphatic carbocycles.